The summed E-state index contributed by atoms with van der Waals surface area (Å²) in [5, 5.41) is 2.27. The first-order valence-corrected chi connectivity index (χ1v) is 7.67. The van der Waals surface area contributed by atoms with Gasteiger partial charge in [0.15, 0.2) is 6.17 Å². The molecular weight excluding hydrogens is 375 g/mol. The fourth-order valence-corrected chi connectivity index (χ4v) is 2.56. The molecule has 0 radical (unpaired) electrons. The number of amides is 1. The van der Waals surface area contributed by atoms with Gasteiger partial charge in [-0.1, -0.05) is 0 Å². The lowest BCUT2D eigenvalue weighted by atomic mass is 9.93. The van der Waals surface area contributed by atoms with Crippen molar-refractivity contribution < 1.29 is 31.2 Å². The van der Waals surface area contributed by atoms with Crippen LogP contribution in [0.2, 0.25) is 0 Å². The lowest BCUT2D eigenvalue weighted by molar-refractivity contribution is -0.0511. The number of aromatic nitrogens is 1. The Morgan fingerprint density at radius 2 is 2.15 bits per heavy atom. The van der Waals surface area contributed by atoms with Gasteiger partial charge >= 0.3 is 5.91 Å². The van der Waals surface area contributed by atoms with Crippen molar-refractivity contribution in [1.29, 1.82) is 0 Å². The van der Waals surface area contributed by atoms with Crippen LogP contribution >= 0.6 is 0 Å². The molecule has 0 bridgehead atoms. The van der Waals surface area contributed by atoms with E-state index in [4.69, 9.17) is 10.2 Å². The van der Waals surface area contributed by atoms with Crippen LogP contribution in [0, 0.1) is 5.82 Å². The molecule has 0 saturated carbocycles. The normalized spacial score (nSPS) is 21.6. The van der Waals surface area contributed by atoms with E-state index in [1.54, 1.807) is 0 Å². The number of alkyl halides is 4. The van der Waals surface area contributed by atoms with Crippen molar-refractivity contribution >= 4 is 17.4 Å². The topological polar surface area (TPSA) is 93.5 Å². The second-order valence-corrected chi connectivity index (χ2v) is 5.86. The first-order chi connectivity index (χ1) is 12.7. The second-order valence-electron chi connectivity index (χ2n) is 5.86. The third kappa shape index (κ3) is 3.76. The fraction of sp³-hybridized carbons (Fsp3) is 0.312. The summed E-state index contributed by atoms with van der Waals surface area (Å²) >= 11 is 0. The first kappa shape index (κ1) is 18.8. The maximum Gasteiger partial charge on any atom is 0.311 e. The highest BCUT2D eigenvalue weighted by Gasteiger charge is 2.48. The summed E-state index contributed by atoms with van der Waals surface area (Å²) < 4.78 is 73.0. The molecule has 3 rings (SSSR count). The van der Waals surface area contributed by atoms with Crippen LogP contribution in [0.15, 0.2) is 33.9 Å². The van der Waals surface area contributed by atoms with Crippen LogP contribution in [0.25, 0.3) is 0 Å². The number of anilines is 1. The monoisotopic (exact) mass is 388 g/mol. The molecule has 1 aliphatic heterocycles. The molecule has 2 aromatic rings. The standard InChI is InChI=1S/C16H13F5N4O2/c17-5-8-6-27-15(24-8)14(26)23-7-1-2-10(18)9(3-7)12-16(20,21)4-11(19)13(22)25-12/h1-3,6,11-12H,4-5H2,(H2,22,25)(H,23,26). The van der Waals surface area contributed by atoms with Crippen LogP contribution in [0.3, 0.4) is 0 Å². The summed E-state index contributed by atoms with van der Waals surface area (Å²) in [6.45, 7) is -0.941. The number of hydrogen-bond acceptors (Lipinski definition) is 5. The van der Waals surface area contributed by atoms with Gasteiger partial charge in [-0.25, -0.2) is 26.9 Å². The van der Waals surface area contributed by atoms with Gasteiger partial charge < -0.3 is 15.5 Å². The van der Waals surface area contributed by atoms with Crippen LogP contribution in [0.5, 0.6) is 0 Å². The molecule has 27 heavy (non-hydrogen) atoms. The smallest absolute Gasteiger partial charge is 0.311 e. The number of aliphatic imine (C=N–C) groups is 1. The van der Waals surface area contributed by atoms with E-state index in [0.29, 0.717) is 0 Å². The Kier molecular flexibility index (Phi) is 4.85. The Labute approximate surface area is 149 Å². The highest BCUT2D eigenvalue weighted by molar-refractivity contribution is 6.01. The van der Waals surface area contributed by atoms with Gasteiger partial charge in [0, 0.05) is 11.3 Å². The highest BCUT2D eigenvalue weighted by Crippen LogP contribution is 2.43. The average molecular weight is 388 g/mol. The molecule has 11 heteroatoms. The molecule has 0 fully saturated rings. The summed E-state index contributed by atoms with van der Waals surface area (Å²) in [4.78, 5) is 19.0. The number of benzene rings is 1. The van der Waals surface area contributed by atoms with E-state index in [-0.39, 0.29) is 11.4 Å². The lowest BCUT2D eigenvalue weighted by Gasteiger charge is -2.30. The van der Waals surface area contributed by atoms with Crippen molar-refractivity contribution in [3.05, 3.63) is 47.4 Å². The molecule has 0 aliphatic carbocycles. The summed E-state index contributed by atoms with van der Waals surface area (Å²) in [6, 6.07) is 0.847. The predicted octanol–water partition coefficient (Wildman–Crippen LogP) is 3.31. The molecule has 144 valence electrons. The minimum Gasteiger partial charge on any atom is -0.441 e. The third-order valence-corrected chi connectivity index (χ3v) is 3.88. The van der Waals surface area contributed by atoms with Gasteiger partial charge in [-0.15, -0.1) is 0 Å². The van der Waals surface area contributed by atoms with Crippen LogP contribution in [-0.4, -0.2) is 28.8 Å². The minimum absolute atomic E-state index is 0.0664. The SMILES string of the molecule is NC1=NC(c2cc(NC(=O)c3nc(CF)co3)ccc2F)C(F)(F)CC1F. The van der Waals surface area contributed by atoms with E-state index in [9.17, 15) is 26.7 Å². The second kappa shape index (κ2) is 6.97. The zero-order valence-corrected chi connectivity index (χ0v) is 13.6. The van der Waals surface area contributed by atoms with Crippen molar-refractivity contribution in [1.82, 2.24) is 4.98 Å². The molecule has 1 aromatic carbocycles. The van der Waals surface area contributed by atoms with Gasteiger partial charge in [0.2, 0.25) is 0 Å². The number of nitrogens with one attached hydrogen (secondary N) is 1. The van der Waals surface area contributed by atoms with Gasteiger partial charge in [-0.05, 0) is 18.2 Å². The van der Waals surface area contributed by atoms with E-state index in [0.717, 1.165) is 24.5 Å². The summed E-state index contributed by atoms with van der Waals surface area (Å²) in [7, 11) is 0. The number of carbonyl (C=O) groups excluding carboxylic acids is 1. The highest BCUT2D eigenvalue weighted by atomic mass is 19.3. The van der Waals surface area contributed by atoms with Crippen molar-refractivity contribution in [2.24, 2.45) is 10.7 Å². The Hall–Kier alpha value is -2.98. The average Bonchev–Trinajstić information content (AvgIpc) is 3.09. The zero-order chi connectivity index (χ0) is 19.8. The largest absolute Gasteiger partial charge is 0.441 e. The molecule has 1 amide bonds. The van der Waals surface area contributed by atoms with E-state index >= 15 is 0 Å². The van der Waals surface area contributed by atoms with Gasteiger partial charge in [0.25, 0.3) is 11.8 Å². The summed E-state index contributed by atoms with van der Waals surface area (Å²) in [5.74, 6) is -6.71. The van der Waals surface area contributed by atoms with Crippen molar-refractivity contribution in [2.45, 2.75) is 31.2 Å². The van der Waals surface area contributed by atoms with Gasteiger partial charge in [0.1, 0.15) is 36.3 Å². The molecule has 6 nitrogen and oxygen atoms in total. The Morgan fingerprint density at radius 1 is 1.41 bits per heavy atom. The fourth-order valence-electron chi connectivity index (χ4n) is 2.56. The minimum atomic E-state index is -3.68. The van der Waals surface area contributed by atoms with Gasteiger partial charge in [-0.3, -0.25) is 9.79 Å². The summed E-state index contributed by atoms with van der Waals surface area (Å²) in [6.07, 6.45) is -2.42. The van der Waals surface area contributed by atoms with Crippen molar-refractivity contribution in [3.63, 3.8) is 0 Å². The first-order valence-electron chi connectivity index (χ1n) is 7.67. The van der Waals surface area contributed by atoms with Crippen molar-refractivity contribution in [3.8, 4) is 0 Å². The van der Waals surface area contributed by atoms with Crippen LogP contribution in [-0.2, 0) is 6.67 Å². The number of nitrogens with zero attached hydrogens (tertiary/aromatic N) is 2. The molecule has 2 heterocycles. The number of halogens is 5. The maximum absolute atomic E-state index is 14.1. The van der Waals surface area contributed by atoms with Crippen LogP contribution in [0.1, 0.15) is 34.4 Å². The van der Waals surface area contributed by atoms with E-state index in [1.165, 1.54) is 0 Å². The van der Waals surface area contributed by atoms with Gasteiger partial charge in [-0.2, -0.15) is 0 Å². The van der Waals surface area contributed by atoms with E-state index < -0.39 is 60.2 Å². The van der Waals surface area contributed by atoms with Gasteiger partial charge in [0.05, 0.1) is 6.42 Å². The number of nitrogens with two attached hydrogens (primary N) is 1. The number of carbonyl (C=O) groups is 1. The molecule has 0 saturated heterocycles. The van der Waals surface area contributed by atoms with Crippen molar-refractivity contribution in [2.75, 3.05) is 5.32 Å². The summed E-state index contributed by atoms with van der Waals surface area (Å²) in [5.41, 5.74) is 4.55. The molecule has 2 atom stereocenters. The maximum atomic E-state index is 14.1. The number of rotatable bonds is 4. The Balaban J connectivity index is 1.89. The Bertz CT molecular complexity index is 899. The molecule has 0 spiro atoms. The van der Waals surface area contributed by atoms with Crippen LogP contribution in [0.4, 0.5) is 27.6 Å². The number of amidine groups is 1. The predicted molar refractivity (Wildman–Crippen MR) is 84.5 cm³/mol. The zero-order valence-electron chi connectivity index (χ0n) is 13.6. The Morgan fingerprint density at radius 3 is 2.81 bits per heavy atom. The number of hydrogen-bond donors (Lipinski definition) is 2. The van der Waals surface area contributed by atoms with E-state index in [2.05, 4.69) is 15.3 Å². The number of oxazole rings is 1. The quantitative estimate of drug-likeness (QED) is 0.786. The lowest BCUT2D eigenvalue weighted by Crippen LogP contribution is -2.41. The molecule has 2 unspecified atom stereocenters. The molecule has 3 N–H and O–H groups in total. The van der Waals surface area contributed by atoms with E-state index in [1.807, 2.05) is 0 Å². The molecular formula is C16H13F5N4O2. The third-order valence-electron chi connectivity index (χ3n) is 3.88. The molecule has 1 aromatic heterocycles. The van der Waals surface area contributed by atoms with Crippen LogP contribution < -0.4 is 11.1 Å². The molecule has 1 aliphatic rings.